The van der Waals surface area contributed by atoms with Crippen molar-refractivity contribution in [3.8, 4) is 0 Å². The van der Waals surface area contributed by atoms with Gasteiger partial charge in [-0.1, -0.05) is 24.3 Å². The summed E-state index contributed by atoms with van der Waals surface area (Å²) in [5.74, 6) is -0.294. The van der Waals surface area contributed by atoms with Crippen molar-refractivity contribution in [2.75, 3.05) is 13.7 Å². The van der Waals surface area contributed by atoms with Crippen molar-refractivity contribution in [3.63, 3.8) is 0 Å². The molecular formula is C15H19NO3. The van der Waals surface area contributed by atoms with Crippen LogP contribution in [0.4, 0.5) is 0 Å². The smallest absolute Gasteiger partial charge is 0.310 e. The number of aryl methyl sites for hydroxylation is 1. The molecule has 1 amide bonds. The van der Waals surface area contributed by atoms with E-state index in [-0.39, 0.29) is 17.8 Å². The Morgan fingerprint density at radius 1 is 1.42 bits per heavy atom. The number of benzene rings is 1. The molecule has 4 nitrogen and oxygen atoms in total. The number of carbonyl (C=O) groups is 2. The number of rotatable bonds is 3. The molecule has 0 saturated carbocycles. The Morgan fingerprint density at radius 3 is 2.84 bits per heavy atom. The van der Waals surface area contributed by atoms with Crippen molar-refractivity contribution >= 4 is 11.9 Å². The Kier molecular flexibility index (Phi) is 4.20. The minimum Gasteiger partial charge on any atom is -0.469 e. The topological polar surface area (TPSA) is 46.6 Å². The van der Waals surface area contributed by atoms with Crippen LogP contribution in [0.3, 0.4) is 0 Å². The first-order valence-electron chi connectivity index (χ1n) is 6.52. The summed E-state index contributed by atoms with van der Waals surface area (Å²) >= 11 is 0. The van der Waals surface area contributed by atoms with Crippen LogP contribution in [-0.2, 0) is 20.9 Å². The molecule has 1 heterocycles. The highest BCUT2D eigenvalue weighted by molar-refractivity contribution is 5.81. The van der Waals surface area contributed by atoms with E-state index in [1.54, 1.807) is 4.90 Å². The number of carbonyl (C=O) groups excluding carboxylic acids is 2. The fraction of sp³-hybridized carbons (Fsp3) is 0.467. The first kappa shape index (κ1) is 13.6. The zero-order chi connectivity index (χ0) is 13.8. The SMILES string of the molecule is COC(=O)[C@H]1CCC(=O)N(Cc2ccccc2C)C1. The molecular weight excluding hydrogens is 242 g/mol. The summed E-state index contributed by atoms with van der Waals surface area (Å²) in [6.45, 7) is 3.06. The number of nitrogens with zero attached hydrogens (tertiary/aromatic N) is 1. The minimum absolute atomic E-state index is 0.114. The van der Waals surface area contributed by atoms with Crippen LogP contribution in [-0.4, -0.2) is 30.4 Å². The maximum atomic E-state index is 11.9. The molecule has 0 aliphatic carbocycles. The predicted molar refractivity (Wildman–Crippen MR) is 71.3 cm³/mol. The maximum Gasteiger partial charge on any atom is 0.310 e. The summed E-state index contributed by atoms with van der Waals surface area (Å²) in [7, 11) is 1.39. The van der Waals surface area contributed by atoms with Gasteiger partial charge in [-0.3, -0.25) is 9.59 Å². The average Bonchev–Trinajstić information content (AvgIpc) is 2.42. The van der Waals surface area contributed by atoms with E-state index >= 15 is 0 Å². The molecule has 0 spiro atoms. The third-order valence-corrected chi connectivity index (χ3v) is 3.66. The molecule has 0 unspecified atom stereocenters. The van der Waals surface area contributed by atoms with Crippen LogP contribution in [0, 0.1) is 12.8 Å². The highest BCUT2D eigenvalue weighted by Crippen LogP contribution is 2.21. The lowest BCUT2D eigenvalue weighted by Crippen LogP contribution is -2.42. The van der Waals surface area contributed by atoms with Gasteiger partial charge < -0.3 is 9.64 Å². The molecule has 0 N–H and O–H groups in total. The van der Waals surface area contributed by atoms with Crippen molar-refractivity contribution in [2.24, 2.45) is 5.92 Å². The summed E-state index contributed by atoms with van der Waals surface area (Å²) in [6.07, 6.45) is 1.02. The molecule has 1 atom stereocenters. The second-order valence-corrected chi connectivity index (χ2v) is 4.96. The van der Waals surface area contributed by atoms with Crippen LogP contribution in [0.1, 0.15) is 24.0 Å². The minimum atomic E-state index is -0.220. The summed E-state index contributed by atoms with van der Waals surface area (Å²) in [4.78, 5) is 25.3. The van der Waals surface area contributed by atoms with Crippen molar-refractivity contribution in [2.45, 2.75) is 26.3 Å². The van der Waals surface area contributed by atoms with Gasteiger partial charge in [-0.15, -0.1) is 0 Å². The molecule has 1 aliphatic heterocycles. The van der Waals surface area contributed by atoms with Crippen LogP contribution in [0.2, 0.25) is 0 Å². The quantitative estimate of drug-likeness (QED) is 0.781. The van der Waals surface area contributed by atoms with E-state index in [9.17, 15) is 9.59 Å². The monoisotopic (exact) mass is 261 g/mol. The van der Waals surface area contributed by atoms with Crippen molar-refractivity contribution in [1.82, 2.24) is 4.90 Å². The van der Waals surface area contributed by atoms with E-state index < -0.39 is 0 Å². The number of hydrogen-bond acceptors (Lipinski definition) is 3. The second-order valence-electron chi connectivity index (χ2n) is 4.96. The lowest BCUT2D eigenvalue weighted by atomic mass is 9.96. The number of amides is 1. The molecule has 0 radical (unpaired) electrons. The Morgan fingerprint density at radius 2 is 2.16 bits per heavy atom. The van der Waals surface area contributed by atoms with Gasteiger partial charge in [-0.2, -0.15) is 0 Å². The van der Waals surface area contributed by atoms with Crippen LogP contribution in [0.25, 0.3) is 0 Å². The average molecular weight is 261 g/mol. The lowest BCUT2D eigenvalue weighted by molar-refractivity contribution is -0.150. The standard InChI is InChI=1S/C15H19NO3/c1-11-5-3-4-6-12(11)9-16-10-13(15(18)19-2)7-8-14(16)17/h3-6,13H,7-10H2,1-2H3/t13-/m0/s1. The number of hydrogen-bond donors (Lipinski definition) is 0. The van der Waals surface area contributed by atoms with Crippen molar-refractivity contribution in [1.29, 1.82) is 0 Å². The van der Waals surface area contributed by atoms with E-state index in [4.69, 9.17) is 4.74 Å². The van der Waals surface area contributed by atoms with Crippen LogP contribution >= 0.6 is 0 Å². The normalized spacial score (nSPS) is 19.4. The predicted octanol–water partition coefficient (Wildman–Crippen LogP) is 1.91. The second kappa shape index (κ2) is 5.87. The zero-order valence-corrected chi connectivity index (χ0v) is 11.4. The van der Waals surface area contributed by atoms with Gasteiger partial charge in [0.05, 0.1) is 13.0 Å². The summed E-state index contributed by atoms with van der Waals surface area (Å²) < 4.78 is 4.77. The van der Waals surface area contributed by atoms with Gasteiger partial charge in [-0.05, 0) is 24.5 Å². The molecule has 0 aromatic heterocycles. The Labute approximate surface area is 113 Å². The summed E-state index contributed by atoms with van der Waals surface area (Å²) in [5.41, 5.74) is 2.29. The lowest BCUT2D eigenvalue weighted by Gasteiger charge is -2.31. The number of ether oxygens (including phenoxy) is 1. The largest absolute Gasteiger partial charge is 0.469 e. The van der Waals surface area contributed by atoms with Gasteiger partial charge in [-0.25, -0.2) is 0 Å². The first-order chi connectivity index (χ1) is 9.11. The number of methoxy groups -OCH3 is 1. The Balaban J connectivity index is 2.08. The molecule has 1 aliphatic rings. The fourth-order valence-electron chi connectivity index (χ4n) is 2.42. The van der Waals surface area contributed by atoms with Gasteiger partial charge in [0.2, 0.25) is 5.91 Å². The van der Waals surface area contributed by atoms with Crippen molar-refractivity contribution in [3.05, 3.63) is 35.4 Å². The van der Waals surface area contributed by atoms with E-state index in [0.29, 0.717) is 25.9 Å². The van der Waals surface area contributed by atoms with E-state index in [1.807, 2.05) is 31.2 Å². The van der Waals surface area contributed by atoms with E-state index in [0.717, 1.165) is 11.1 Å². The van der Waals surface area contributed by atoms with E-state index in [2.05, 4.69) is 0 Å². The van der Waals surface area contributed by atoms with Gasteiger partial charge in [0, 0.05) is 19.5 Å². The molecule has 1 aromatic rings. The highest BCUT2D eigenvalue weighted by atomic mass is 16.5. The van der Waals surface area contributed by atoms with Crippen LogP contribution in [0.15, 0.2) is 24.3 Å². The molecule has 4 heteroatoms. The Hall–Kier alpha value is -1.84. The van der Waals surface area contributed by atoms with Gasteiger partial charge >= 0.3 is 5.97 Å². The molecule has 1 saturated heterocycles. The van der Waals surface area contributed by atoms with E-state index in [1.165, 1.54) is 7.11 Å². The molecule has 1 fully saturated rings. The maximum absolute atomic E-state index is 11.9. The van der Waals surface area contributed by atoms with Gasteiger partial charge in [0.25, 0.3) is 0 Å². The van der Waals surface area contributed by atoms with Crippen LogP contribution < -0.4 is 0 Å². The molecule has 1 aromatic carbocycles. The number of piperidine rings is 1. The Bertz CT molecular complexity index is 484. The number of esters is 1. The molecule has 19 heavy (non-hydrogen) atoms. The highest BCUT2D eigenvalue weighted by Gasteiger charge is 2.30. The molecule has 102 valence electrons. The number of likely N-dealkylation sites (tertiary alicyclic amines) is 1. The third-order valence-electron chi connectivity index (χ3n) is 3.66. The third kappa shape index (κ3) is 3.13. The molecule has 0 bridgehead atoms. The van der Waals surface area contributed by atoms with Crippen molar-refractivity contribution < 1.29 is 14.3 Å². The zero-order valence-electron chi connectivity index (χ0n) is 11.4. The summed E-state index contributed by atoms with van der Waals surface area (Å²) in [5, 5.41) is 0. The van der Waals surface area contributed by atoms with Crippen LogP contribution in [0.5, 0.6) is 0 Å². The first-order valence-corrected chi connectivity index (χ1v) is 6.52. The molecule has 2 rings (SSSR count). The van der Waals surface area contributed by atoms with Gasteiger partial charge in [0.1, 0.15) is 0 Å². The summed E-state index contributed by atoms with van der Waals surface area (Å²) in [6, 6.07) is 7.99. The fourth-order valence-corrected chi connectivity index (χ4v) is 2.42. The van der Waals surface area contributed by atoms with Gasteiger partial charge in [0.15, 0.2) is 0 Å².